The molecule has 17 heavy (non-hydrogen) atoms. The van der Waals surface area contributed by atoms with E-state index in [1.165, 1.54) is 25.7 Å². The topological polar surface area (TPSA) is 40.5 Å². The van der Waals surface area contributed by atoms with Crippen LogP contribution in [0, 0.1) is 11.3 Å². The summed E-state index contributed by atoms with van der Waals surface area (Å²) in [7, 11) is 0. The molecule has 0 heterocycles. The van der Waals surface area contributed by atoms with E-state index in [1.54, 1.807) is 12.1 Å². The highest BCUT2D eigenvalue weighted by Gasteiger charge is 2.41. The van der Waals surface area contributed by atoms with Crippen LogP contribution in [0.15, 0.2) is 12.1 Å². The van der Waals surface area contributed by atoms with Gasteiger partial charge in [-0.05, 0) is 49.1 Å². The maximum Gasteiger partial charge on any atom is 0.119 e. The maximum absolute atomic E-state index is 9.91. The second-order valence-electron chi connectivity index (χ2n) is 6.10. The molecular weight excluding hydrogens is 212 g/mol. The van der Waals surface area contributed by atoms with Crippen LogP contribution in [0.3, 0.4) is 0 Å². The second kappa shape index (κ2) is 3.66. The highest BCUT2D eigenvalue weighted by Crippen LogP contribution is 2.52. The Bertz CT molecular complexity index is 409. The summed E-state index contributed by atoms with van der Waals surface area (Å²) in [4.78, 5) is 0. The van der Waals surface area contributed by atoms with E-state index in [2.05, 4.69) is 6.92 Å². The van der Waals surface area contributed by atoms with Gasteiger partial charge in [0.25, 0.3) is 0 Å². The van der Waals surface area contributed by atoms with Crippen LogP contribution in [0.4, 0.5) is 0 Å². The molecule has 0 aromatic heterocycles. The zero-order valence-electron chi connectivity index (χ0n) is 10.4. The van der Waals surface area contributed by atoms with E-state index in [0.29, 0.717) is 16.9 Å². The van der Waals surface area contributed by atoms with Gasteiger partial charge in [0.2, 0.25) is 0 Å². The third-order valence-electron chi connectivity index (χ3n) is 4.82. The van der Waals surface area contributed by atoms with Gasteiger partial charge < -0.3 is 10.2 Å². The third-order valence-corrected chi connectivity index (χ3v) is 4.82. The van der Waals surface area contributed by atoms with E-state index in [9.17, 15) is 10.2 Å². The SMILES string of the molecule is CC1CCC2(CC1)Cc1c(O)ccc(O)c1C2. The number of benzene rings is 1. The summed E-state index contributed by atoms with van der Waals surface area (Å²) in [5.41, 5.74) is 2.32. The van der Waals surface area contributed by atoms with Gasteiger partial charge in [0.1, 0.15) is 11.5 Å². The lowest BCUT2D eigenvalue weighted by molar-refractivity contribution is 0.166. The predicted octanol–water partition coefficient (Wildman–Crippen LogP) is 3.39. The molecule has 0 amide bonds. The minimum atomic E-state index is 0.325. The molecular formula is C15H20O2. The number of phenols is 2. The van der Waals surface area contributed by atoms with E-state index >= 15 is 0 Å². The summed E-state index contributed by atoms with van der Waals surface area (Å²) in [6, 6.07) is 3.25. The van der Waals surface area contributed by atoms with Gasteiger partial charge in [-0.2, -0.15) is 0 Å². The molecule has 2 aliphatic rings. The minimum Gasteiger partial charge on any atom is -0.508 e. The Kier molecular flexibility index (Phi) is 2.35. The minimum absolute atomic E-state index is 0.325. The summed E-state index contributed by atoms with van der Waals surface area (Å²) < 4.78 is 0. The standard InChI is InChI=1S/C15H20O2/c1-10-4-6-15(7-5-10)8-11-12(9-15)14(17)3-2-13(11)16/h2-3,10,16-17H,4-9H2,1H3. The first kappa shape index (κ1) is 10.9. The number of phenolic OH excluding ortho intramolecular Hbond substituents is 2. The van der Waals surface area contributed by atoms with Gasteiger partial charge in [-0.3, -0.25) is 0 Å². The number of rotatable bonds is 0. The van der Waals surface area contributed by atoms with Gasteiger partial charge in [0.15, 0.2) is 0 Å². The zero-order valence-corrected chi connectivity index (χ0v) is 10.4. The van der Waals surface area contributed by atoms with Crippen molar-refractivity contribution in [2.75, 3.05) is 0 Å². The van der Waals surface area contributed by atoms with Crippen molar-refractivity contribution >= 4 is 0 Å². The highest BCUT2D eigenvalue weighted by atomic mass is 16.3. The molecule has 1 saturated carbocycles. The Morgan fingerprint density at radius 3 is 1.94 bits per heavy atom. The van der Waals surface area contributed by atoms with E-state index < -0.39 is 0 Å². The molecule has 2 heteroatoms. The molecule has 1 aromatic rings. The zero-order chi connectivity index (χ0) is 12.0. The summed E-state index contributed by atoms with van der Waals surface area (Å²) in [6.07, 6.45) is 6.96. The van der Waals surface area contributed by atoms with Crippen LogP contribution in [0.5, 0.6) is 11.5 Å². The van der Waals surface area contributed by atoms with Crippen LogP contribution in [-0.4, -0.2) is 10.2 Å². The largest absolute Gasteiger partial charge is 0.508 e. The van der Waals surface area contributed by atoms with Crippen molar-refractivity contribution < 1.29 is 10.2 Å². The Labute approximate surface area is 102 Å². The Morgan fingerprint density at radius 2 is 1.47 bits per heavy atom. The molecule has 1 spiro atoms. The van der Waals surface area contributed by atoms with Crippen LogP contribution in [-0.2, 0) is 12.8 Å². The van der Waals surface area contributed by atoms with Gasteiger partial charge in [-0.25, -0.2) is 0 Å². The monoisotopic (exact) mass is 232 g/mol. The first-order valence-corrected chi connectivity index (χ1v) is 6.62. The fraction of sp³-hybridized carbons (Fsp3) is 0.600. The van der Waals surface area contributed by atoms with Crippen molar-refractivity contribution in [1.82, 2.24) is 0 Å². The average molecular weight is 232 g/mol. The second-order valence-corrected chi connectivity index (χ2v) is 6.10. The maximum atomic E-state index is 9.91. The van der Waals surface area contributed by atoms with Crippen LogP contribution in [0.25, 0.3) is 0 Å². The van der Waals surface area contributed by atoms with E-state index in [-0.39, 0.29) is 0 Å². The smallest absolute Gasteiger partial charge is 0.119 e. The molecule has 3 rings (SSSR count). The first-order chi connectivity index (χ1) is 8.10. The lowest BCUT2D eigenvalue weighted by Gasteiger charge is -2.36. The van der Waals surface area contributed by atoms with Gasteiger partial charge in [0.05, 0.1) is 0 Å². The highest BCUT2D eigenvalue weighted by molar-refractivity contribution is 5.51. The van der Waals surface area contributed by atoms with Gasteiger partial charge in [0, 0.05) is 11.1 Å². The summed E-state index contributed by atoms with van der Waals surface area (Å²) >= 11 is 0. The molecule has 0 saturated heterocycles. The normalized spacial score (nSPS) is 22.9. The van der Waals surface area contributed by atoms with Crippen LogP contribution in [0.1, 0.15) is 43.7 Å². The van der Waals surface area contributed by atoms with Crippen LogP contribution < -0.4 is 0 Å². The predicted molar refractivity (Wildman–Crippen MR) is 67.2 cm³/mol. The van der Waals surface area contributed by atoms with E-state index in [4.69, 9.17) is 0 Å². The summed E-state index contributed by atoms with van der Waals surface area (Å²) in [6.45, 7) is 2.32. The van der Waals surface area contributed by atoms with Crippen molar-refractivity contribution in [1.29, 1.82) is 0 Å². The van der Waals surface area contributed by atoms with Gasteiger partial charge >= 0.3 is 0 Å². The number of fused-ring (bicyclic) bond motifs is 1. The fourth-order valence-corrected chi connectivity index (χ4v) is 3.60. The molecule has 0 aliphatic heterocycles. The quantitative estimate of drug-likeness (QED) is 0.673. The molecule has 0 bridgehead atoms. The van der Waals surface area contributed by atoms with Crippen molar-refractivity contribution in [2.45, 2.75) is 45.4 Å². The van der Waals surface area contributed by atoms with Crippen molar-refractivity contribution in [2.24, 2.45) is 11.3 Å². The number of hydrogen-bond donors (Lipinski definition) is 2. The molecule has 1 aromatic carbocycles. The molecule has 92 valence electrons. The molecule has 1 fully saturated rings. The number of aromatic hydroxyl groups is 2. The third kappa shape index (κ3) is 1.70. The lowest BCUT2D eigenvalue weighted by atomic mass is 9.69. The lowest BCUT2D eigenvalue weighted by Crippen LogP contribution is -2.27. The molecule has 2 nitrogen and oxygen atoms in total. The summed E-state index contributed by atoms with van der Waals surface area (Å²) in [5, 5.41) is 19.8. The first-order valence-electron chi connectivity index (χ1n) is 6.62. The van der Waals surface area contributed by atoms with Gasteiger partial charge in [-0.15, -0.1) is 0 Å². The van der Waals surface area contributed by atoms with Gasteiger partial charge in [-0.1, -0.05) is 19.8 Å². The molecule has 0 radical (unpaired) electrons. The molecule has 0 unspecified atom stereocenters. The van der Waals surface area contributed by atoms with Crippen molar-refractivity contribution in [3.8, 4) is 11.5 Å². The average Bonchev–Trinajstić information content (AvgIpc) is 2.70. The number of hydrogen-bond acceptors (Lipinski definition) is 2. The van der Waals surface area contributed by atoms with Crippen molar-refractivity contribution in [3.63, 3.8) is 0 Å². The van der Waals surface area contributed by atoms with Crippen LogP contribution >= 0.6 is 0 Å². The van der Waals surface area contributed by atoms with E-state index in [1.807, 2.05) is 0 Å². The molecule has 0 atom stereocenters. The summed E-state index contributed by atoms with van der Waals surface area (Å²) in [5.74, 6) is 1.58. The Balaban J connectivity index is 1.92. The Hall–Kier alpha value is -1.18. The Morgan fingerprint density at radius 1 is 1.00 bits per heavy atom. The molecule has 2 aliphatic carbocycles. The fourth-order valence-electron chi connectivity index (χ4n) is 3.60. The molecule has 2 N–H and O–H groups in total. The van der Waals surface area contributed by atoms with Crippen LogP contribution in [0.2, 0.25) is 0 Å². The van der Waals surface area contributed by atoms with E-state index in [0.717, 1.165) is 29.9 Å². The van der Waals surface area contributed by atoms with Crippen molar-refractivity contribution in [3.05, 3.63) is 23.3 Å².